The zero-order valence-electron chi connectivity index (χ0n) is 8.77. The normalized spacial score (nSPS) is 10.1. The van der Waals surface area contributed by atoms with E-state index in [2.05, 4.69) is 10.3 Å². The van der Waals surface area contributed by atoms with Gasteiger partial charge in [0, 0.05) is 6.54 Å². The van der Waals surface area contributed by atoms with Crippen LogP contribution in [0.4, 0.5) is 11.5 Å². The molecule has 0 aliphatic rings. The summed E-state index contributed by atoms with van der Waals surface area (Å²) in [5.41, 5.74) is -0.0487. The van der Waals surface area contributed by atoms with Crippen LogP contribution in [0.5, 0.6) is 0 Å². The van der Waals surface area contributed by atoms with Gasteiger partial charge in [0.15, 0.2) is 0 Å². The van der Waals surface area contributed by atoms with Crippen LogP contribution in [-0.2, 0) is 0 Å². The number of hydrogen-bond donors (Lipinski definition) is 1. The van der Waals surface area contributed by atoms with Crippen LogP contribution in [0.3, 0.4) is 0 Å². The van der Waals surface area contributed by atoms with E-state index in [-0.39, 0.29) is 10.8 Å². The molecule has 1 heterocycles. The highest BCUT2D eigenvalue weighted by atomic mass is 35.5. The molecule has 0 bridgehead atoms. The smallest absolute Gasteiger partial charge is 0.276 e. The van der Waals surface area contributed by atoms with Crippen LogP contribution in [0, 0.1) is 10.1 Å². The molecule has 88 valence electrons. The van der Waals surface area contributed by atoms with Crippen LogP contribution in [0.1, 0.15) is 6.42 Å². The fourth-order valence-corrected chi connectivity index (χ4v) is 1.75. The summed E-state index contributed by atoms with van der Waals surface area (Å²) in [6.07, 6.45) is 3.01. The Hall–Kier alpha value is -1.01. The Morgan fingerprint density at radius 2 is 2.38 bits per heavy atom. The lowest BCUT2D eigenvalue weighted by atomic mass is 10.4. The second kappa shape index (κ2) is 6.55. The quantitative estimate of drug-likeness (QED) is 0.369. The molecular formula is C9H12ClN3O2S. The largest absolute Gasteiger partial charge is 0.370 e. The molecule has 1 rings (SSSR count). The van der Waals surface area contributed by atoms with Crippen molar-refractivity contribution in [3.63, 3.8) is 0 Å². The van der Waals surface area contributed by atoms with E-state index in [1.165, 1.54) is 12.1 Å². The van der Waals surface area contributed by atoms with Crippen molar-refractivity contribution in [1.82, 2.24) is 4.98 Å². The van der Waals surface area contributed by atoms with Gasteiger partial charge in [-0.15, -0.1) is 0 Å². The molecule has 16 heavy (non-hydrogen) atoms. The summed E-state index contributed by atoms with van der Waals surface area (Å²) < 4.78 is 0. The highest BCUT2D eigenvalue weighted by molar-refractivity contribution is 7.98. The van der Waals surface area contributed by atoms with Crippen LogP contribution >= 0.6 is 23.4 Å². The number of anilines is 1. The number of thioether (sulfide) groups is 1. The average molecular weight is 262 g/mol. The van der Waals surface area contributed by atoms with Crippen molar-refractivity contribution in [2.75, 3.05) is 23.9 Å². The summed E-state index contributed by atoms with van der Waals surface area (Å²) in [6.45, 7) is 0.728. The predicted molar refractivity (Wildman–Crippen MR) is 67.4 cm³/mol. The molecule has 0 unspecified atom stereocenters. The van der Waals surface area contributed by atoms with Gasteiger partial charge >= 0.3 is 0 Å². The topological polar surface area (TPSA) is 68.1 Å². The first kappa shape index (κ1) is 13.1. The molecule has 0 radical (unpaired) electrons. The minimum atomic E-state index is -0.485. The molecule has 0 saturated carbocycles. The molecule has 0 saturated heterocycles. The lowest BCUT2D eigenvalue weighted by molar-refractivity contribution is -0.384. The minimum Gasteiger partial charge on any atom is -0.370 e. The molecule has 0 aliphatic heterocycles. The number of nitrogens with zero attached hydrogens (tertiary/aromatic N) is 2. The number of hydrogen-bond acceptors (Lipinski definition) is 5. The van der Waals surface area contributed by atoms with Crippen LogP contribution < -0.4 is 5.32 Å². The summed E-state index contributed by atoms with van der Waals surface area (Å²) >= 11 is 7.43. The summed E-state index contributed by atoms with van der Waals surface area (Å²) in [5, 5.41) is 13.7. The second-order valence-corrected chi connectivity index (χ2v) is 4.44. The molecule has 1 aromatic rings. The Morgan fingerprint density at radius 1 is 1.62 bits per heavy atom. The van der Waals surface area contributed by atoms with Gasteiger partial charge < -0.3 is 5.32 Å². The maximum absolute atomic E-state index is 10.6. The van der Waals surface area contributed by atoms with Gasteiger partial charge in [0.2, 0.25) is 0 Å². The van der Waals surface area contributed by atoms with Crippen molar-refractivity contribution in [3.8, 4) is 0 Å². The first-order valence-electron chi connectivity index (χ1n) is 4.68. The maximum atomic E-state index is 10.6. The van der Waals surface area contributed by atoms with Gasteiger partial charge in [0.25, 0.3) is 5.69 Å². The van der Waals surface area contributed by atoms with E-state index in [0.717, 1.165) is 18.7 Å². The van der Waals surface area contributed by atoms with Gasteiger partial charge in [-0.05, 0) is 18.4 Å². The van der Waals surface area contributed by atoms with Gasteiger partial charge in [-0.25, -0.2) is 4.98 Å². The molecular weight excluding hydrogens is 250 g/mol. The van der Waals surface area contributed by atoms with Gasteiger partial charge in [0.1, 0.15) is 11.0 Å². The Morgan fingerprint density at radius 3 is 3.00 bits per heavy atom. The Kier molecular flexibility index (Phi) is 5.34. The SMILES string of the molecule is CSCCCNc1cc([N+](=O)[O-])cc(Cl)n1. The third kappa shape index (κ3) is 4.24. The van der Waals surface area contributed by atoms with Crippen molar-refractivity contribution >= 4 is 34.9 Å². The minimum absolute atomic E-state index is 0.0487. The highest BCUT2D eigenvalue weighted by Gasteiger charge is 2.09. The molecule has 1 N–H and O–H groups in total. The van der Waals surface area contributed by atoms with Gasteiger partial charge in [-0.2, -0.15) is 11.8 Å². The van der Waals surface area contributed by atoms with E-state index in [1.807, 2.05) is 6.26 Å². The average Bonchev–Trinajstić information content (AvgIpc) is 2.23. The van der Waals surface area contributed by atoms with Crippen molar-refractivity contribution in [2.45, 2.75) is 6.42 Å². The number of nitro groups is 1. The number of pyridine rings is 1. The van der Waals surface area contributed by atoms with Gasteiger partial charge in [0.05, 0.1) is 17.1 Å². The zero-order chi connectivity index (χ0) is 12.0. The Labute approximate surface area is 103 Å². The third-order valence-electron chi connectivity index (χ3n) is 1.82. The summed E-state index contributed by atoms with van der Waals surface area (Å²) in [7, 11) is 0. The molecule has 0 amide bonds. The van der Waals surface area contributed by atoms with E-state index in [9.17, 15) is 10.1 Å². The first-order valence-corrected chi connectivity index (χ1v) is 6.45. The molecule has 0 fully saturated rings. The molecule has 0 aliphatic carbocycles. The van der Waals surface area contributed by atoms with Crippen molar-refractivity contribution in [1.29, 1.82) is 0 Å². The summed E-state index contributed by atoms with van der Waals surface area (Å²) in [5.74, 6) is 1.48. The van der Waals surface area contributed by atoms with Crippen molar-refractivity contribution in [3.05, 3.63) is 27.4 Å². The summed E-state index contributed by atoms with van der Waals surface area (Å²) in [4.78, 5) is 14.0. The van der Waals surface area contributed by atoms with Crippen LogP contribution in [0.2, 0.25) is 5.15 Å². The van der Waals surface area contributed by atoms with E-state index in [1.54, 1.807) is 11.8 Å². The number of nitrogens with one attached hydrogen (secondary N) is 1. The maximum Gasteiger partial charge on any atom is 0.276 e. The van der Waals surface area contributed by atoms with E-state index >= 15 is 0 Å². The van der Waals surface area contributed by atoms with Crippen LogP contribution in [-0.4, -0.2) is 28.5 Å². The van der Waals surface area contributed by atoms with Crippen LogP contribution in [0.15, 0.2) is 12.1 Å². The predicted octanol–water partition coefficient (Wildman–Crippen LogP) is 2.81. The Bertz CT molecular complexity index is 376. The van der Waals surface area contributed by atoms with E-state index in [4.69, 9.17) is 11.6 Å². The monoisotopic (exact) mass is 261 g/mol. The second-order valence-electron chi connectivity index (χ2n) is 3.06. The molecule has 1 aromatic heterocycles. The fraction of sp³-hybridized carbons (Fsp3) is 0.444. The fourth-order valence-electron chi connectivity index (χ4n) is 1.11. The molecule has 5 nitrogen and oxygen atoms in total. The molecule has 0 atom stereocenters. The number of rotatable bonds is 6. The Balaban J connectivity index is 2.62. The van der Waals surface area contributed by atoms with Gasteiger partial charge in [-0.1, -0.05) is 11.6 Å². The molecule has 0 spiro atoms. The lowest BCUT2D eigenvalue weighted by Crippen LogP contribution is -2.05. The van der Waals surface area contributed by atoms with Gasteiger partial charge in [-0.3, -0.25) is 10.1 Å². The highest BCUT2D eigenvalue weighted by Crippen LogP contribution is 2.20. The van der Waals surface area contributed by atoms with Crippen molar-refractivity contribution in [2.24, 2.45) is 0 Å². The van der Waals surface area contributed by atoms with E-state index in [0.29, 0.717) is 5.82 Å². The zero-order valence-corrected chi connectivity index (χ0v) is 10.3. The van der Waals surface area contributed by atoms with E-state index < -0.39 is 4.92 Å². The third-order valence-corrected chi connectivity index (χ3v) is 2.71. The lowest BCUT2D eigenvalue weighted by Gasteiger charge is -2.04. The van der Waals surface area contributed by atoms with Crippen LogP contribution in [0.25, 0.3) is 0 Å². The standard InChI is InChI=1S/C9H12ClN3O2S/c1-16-4-2-3-11-9-6-7(13(14)15)5-8(10)12-9/h5-6H,2-4H2,1H3,(H,11,12). The number of aromatic nitrogens is 1. The summed E-state index contributed by atoms with van der Waals surface area (Å²) in [6, 6.07) is 2.61. The molecule has 0 aromatic carbocycles. The van der Waals surface area contributed by atoms with Crippen molar-refractivity contribution < 1.29 is 4.92 Å². The molecule has 7 heteroatoms. The first-order chi connectivity index (χ1) is 7.63. The number of halogens is 1.